The normalized spacial score (nSPS) is 24.4. The van der Waals surface area contributed by atoms with Crippen molar-refractivity contribution in [3.63, 3.8) is 0 Å². The van der Waals surface area contributed by atoms with Crippen LogP contribution in [-0.2, 0) is 4.79 Å². The average molecular weight is 445 g/mol. The number of pyridine rings is 1. The van der Waals surface area contributed by atoms with Crippen LogP contribution < -0.4 is 26.2 Å². The van der Waals surface area contributed by atoms with E-state index in [1.54, 1.807) is 23.0 Å². The zero-order valence-corrected chi connectivity index (χ0v) is 17.7. The molecule has 3 aliphatic rings. The van der Waals surface area contributed by atoms with E-state index in [0.717, 1.165) is 18.1 Å². The quantitative estimate of drug-likeness (QED) is 0.331. The molecule has 3 aromatic heterocycles. The number of imide groups is 1. The van der Waals surface area contributed by atoms with E-state index in [1.807, 2.05) is 30.5 Å². The number of aromatic nitrogens is 4. The number of nitrogens with zero attached hydrogens (tertiary/aromatic N) is 5. The lowest BCUT2D eigenvalue weighted by atomic mass is 10.1. The van der Waals surface area contributed by atoms with E-state index < -0.39 is 11.9 Å². The highest BCUT2D eigenvalue weighted by atomic mass is 16.2. The number of rotatable bonds is 5. The Labute approximate surface area is 189 Å². The number of hydrogen-bond donors (Lipinski definition) is 4. The standard InChI is InChI=1S/C22H23N9O2/c32-21-16(28-22(33)29-21)9-13-10-26-31-19(6-8-24-20(13)31)30-12-17(15-3-1-2-7-23-15)25-11-18(30)27-14-4-5-14/h1-3,6-10,14,17-18,25,27H,4-5,11-12H2,(H2,28,29,32,33)/b16-9-. The molecule has 2 saturated heterocycles. The van der Waals surface area contributed by atoms with Gasteiger partial charge in [-0.05, 0) is 37.1 Å². The Morgan fingerprint density at radius 1 is 1.09 bits per heavy atom. The third-order valence-electron chi connectivity index (χ3n) is 6.09. The Bertz CT molecular complexity index is 1250. The second-order valence-corrected chi connectivity index (χ2v) is 8.43. The van der Waals surface area contributed by atoms with E-state index in [-0.39, 0.29) is 17.9 Å². The Hall–Kier alpha value is -3.83. The van der Waals surface area contributed by atoms with Crippen molar-refractivity contribution in [2.75, 3.05) is 18.0 Å². The third-order valence-corrected chi connectivity index (χ3v) is 6.09. The summed E-state index contributed by atoms with van der Waals surface area (Å²) in [5.74, 6) is 0.426. The van der Waals surface area contributed by atoms with Gasteiger partial charge >= 0.3 is 6.03 Å². The number of hydrogen-bond acceptors (Lipinski definition) is 8. The fraction of sp³-hybridized carbons (Fsp3) is 0.318. The van der Waals surface area contributed by atoms with Gasteiger partial charge in [-0.1, -0.05) is 6.07 Å². The van der Waals surface area contributed by atoms with Gasteiger partial charge in [0.25, 0.3) is 5.91 Å². The number of anilines is 1. The molecule has 2 atom stereocenters. The summed E-state index contributed by atoms with van der Waals surface area (Å²) in [6, 6.07) is 7.97. The maximum Gasteiger partial charge on any atom is 0.326 e. The molecule has 0 spiro atoms. The Kier molecular flexibility index (Phi) is 4.77. The summed E-state index contributed by atoms with van der Waals surface area (Å²) in [6.07, 6.45) is 9.26. The number of carbonyl (C=O) groups is 2. The molecule has 3 amide bonds. The van der Waals surface area contributed by atoms with Crippen LogP contribution in [0.5, 0.6) is 0 Å². The largest absolute Gasteiger partial charge is 0.338 e. The van der Waals surface area contributed by atoms with Gasteiger partial charge in [0.2, 0.25) is 0 Å². The first-order valence-electron chi connectivity index (χ1n) is 11.0. The Morgan fingerprint density at radius 3 is 2.76 bits per heavy atom. The Balaban J connectivity index is 1.36. The van der Waals surface area contributed by atoms with Gasteiger partial charge in [-0.2, -0.15) is 9.61 Å². The van der Waals surface area contributed by atoms with Crippen LogP contribution in [0.1, 0.15) is 30.1 Å². The molecule has 3 fully saturated rings. The maximum absolute atomic E-state index is 11.9. The van der Waals surface area contributed by atoms with Gasteiger partial charge < -0.3 is 15.5 Å². The molecular formula is C22H23N9O2. The number of piperazine rings is 1. The van der Waals surface area contributed by atoms with E-state index in [1.165, 1.54) is 12.8 Å². The van der Waals surface area contributed by atoms with E-state index in [9.17, 15) is 9.59 Å². The molecule has 4 N–H and O–H groups in total. The molecule has 33 heavy (non-hydrogen) atoms. The first-order chi connectivity index (χ1) is 16.2. The van der Waals surface area contributed by atoms with Crippen molar-refractivity contribution in [1.82, 2.24) is 40.8 Å². The van der Waals surface area contributed by atoms with Crippen molar-refractivity contribution < 1.29 is 9.59 Å². The first kappa shape index (κ1) is 19.8. The van der Waals surface area contributed by atoms with Gasteiger partial charge in [0.1, 0.15) is 11.5 Å². The van der Waals surface area contributed by atoms with Crippen LogP contribution >= 0.6 is 0 Å². The molecule has 2 aliphatic heterocycles. The smallest absolute Gasteiger partial charge is 0.326 e. The molecule has 3 aromatic rings. The number of urea groups is 1. The summed E-state index contributed by atoms with van der Waals surface area (Å²) >= 11 is 0. The minimum Gasteiger partial charge on any atom is -0.338 e. The van der Waals surface area contributed by atoms with Crippen LogP contribution in [0, 0.1) is 0 Å². The highest BCUT2D eigenvalue weighted by molar-refractivity contribution is 6.14. The summed E-state index contributed by atoms with van der Waals surface area (Å²) in [5.41, 5.74) is 2.42. The number of nitrogens with one attached hydrogen (secondary N) is 4. The lowest BCUT2D eigenvalue weighted by molar-refractivity contribution is -0.115. The van der Waals surface area contributed by atoms with Crippen LogP contribution in [0.15, 0.2) is 48.6 Å². The van der Waals surface area contributed by atoms with Gasteiger partial charge in [-0.15, -0.1) is 0 Å². The van der Waals surface area contributed by atoms with Gasteiger partial charge in [0, 0.05) is 37.1 Å². The average Bonchev–Trinajstić information content (AvgIpc) is 3.47. The number of carbonyl (C=O) groups excluding carboxylic acids is 2. The number of amides is 3. The molecule has 0 aromatic carbocycles. The molecular weight excluding hydrogens is 422 g/mol. The summed E-state index contributed by atoms with van der Waals surface area (Å²) in [4.78, 5) is 34.7. The molecule has 11 nitrogen and oxygen atoms in total. The van der Waals surface area contributed by atoms with E-state index >= 15 is 0 Å². The lowest BCUT2D eigenvalue weighted by Gasteiger charge is -2.42. The first-order valence-corrected chi connectivity index (χ1v) is 11.0. The minimum absolute atomic E-state index is 0.0706. The van der Waals surface area contributed by atoms with Gasteiger partial charge in [0.05, 0.1) is 24.1 Å². The predicted molar refractivity (Wildman–Crippen MR) is 120 cm³/mol. The highest BCUT2D eigenvalue weighted by Crippen LogP contribution is 2.28. The van der Waals surface area contributed by atoms with Crippen LogP contribution in [0.2, 0.25) is 0 Å². The molecule has 0 bridgehead atoms. The molecule has 1 saturated carbocycles. The van der Waals surface area contributed by atoms with Gasteiger partial charge in [-0.25, -0.2) is 9.78 Å². The monoisotopic (exact) mass is 445 g/mol. The molecule has 6 rings (SSSR count). The number of fused-ring (bicyclic) bond motifs is 1. The van der Waals surface area contributed by atoms with Crippen molar-refractivity contribution in [2.45, 2.75) is 31.1 Å². The Morgan fingerprint density at radius 2 is 2.00 bits per heavy atom. The topological polar surface area (TPSA) is 129 Å². The SMILES string of the molecule is O=C1NC(=O)/C(=C/c2cnn3c(N4CC(c5ccccn5)NCC4NC4CC4)ccnc23)N1. The summed E-state index contributed by atoms with van der Waals surface area (Å²) < 4.78 is 1.78. The molecule has 0 radical (unpaired) electrons. The van der Waals surface area contributed by atoms with E-state index in [0.29, 0.717) is 23.8 Å². The van der Waals surface area contributed by atoms with Crippen molar-refractivity contribution in [2.24, 2.45) is 0 Å². The molecule has 11 heteroatoms. The second-order valence-electron chi connectivity index (χ2n) is 8.43. The predicted octanol–water partition coefficient (Wildman–Crippen LogP) is 0.534. The molecule has 1 aliphatic carbocycles. The van der Waals surface area contributed by atoms with Crippen molar-refractivity contribution >= 4 is 29.5 Å². The highest BCUT2D eigenvalue weighted by Gasteiger charge is 2.34. The summed E-state index contributed by atoms with van der Waals surface area (Å²) in [6.45, 7) is 1.46. The summed E-state index contributed by atoms with van der Waals surface area (Å²) in [5, 5.41) is 16.6. The third kappa shape index (κ3) is 3.81. The fourth-order valence-corrected chi connectivity index (χ4v) is 4.31. The van der Waals surface area contributed by atoms with Crippen LogP contribution in [0.25, 0.3) is 11.7 Å². The van der Waals surface area contributed by atoms with Gasteiger partial charge in [-0.3, -0.25) is 20.4 Å². The maximum atomic E-state index is 11.9. The zero-order valence-electron chi connectivity index (χ0n) is 17.7. The second kappa shape index (κ2) is 7.94. The van der Waals surface area contributed by atoms with Crippen molar-refractivity contribution in [1.29, 1.82) is 0 Å². The summed E-state index contributed by atoms with van der Waals surface area (Å²) in [7, 11) is 0. The lowest BCUT2D eigenvalue weighted by Crippen LogP contribution is -2.60. The van der Waals surface area contributed by atoms with Crippen molar-refractivity contribution in [3.05, 3.63) is 59.8 Å². The van der Waals surface area contributed by atoms with E-state index in [2.05, 4.69) is 41.2 Å². The molecule has 2 unspecified atom stereocenters. The minimum atomic E-state index is -0.535. The van der Waals surface area contributed by atoms with Crippen LogP contribution in [0.4, 0.5) is 10.6 Å². The van der Waals surface area contributed by atoms with Crippen molar-refractivity contribution in [3.8, 4) is 0 Å². The molecule has 168 valence electrons. The van der Waals surface area contributed by atoms with Crippen LogP contribution in [-0.4, -0.2) is 56.8 Å². The van der Waals surface area contributed by atoms with Crippen LogP contribution in [0.3, 0.4) is 0 Å². The zero-order chi connectivity index (χ0) is 22.4. The van der Waals surface area contributed by atoms with E-state index in [4.69, 9.17) is 0 Å². The van der Waals surface area contributed by atoms with Gasteiger partial charge in [0.15, 0.2) is 5.65 Å². The molecule has 5 heterocycles. The fourth-order valence-electron chi connectivity index (χ4n) is 4.31.